The maximum Gasteiger partial charge on any atom is 0.138 e. The SMILES string of the molecule is COc1ccc(C2CN(C)Cc3ccc4ccoc4c32)cc1. The smallest absolute Gasteiger partial charge is 0.138 e. The van der Waals surface area contributed by atoms with Gasteiger partial charge in [-0.3, -0.25) is 0 Å². The van der Waals surface area contributed by atoms with Gasteiger partial charge in [-0.2, -0.15) is 0 Å². The summed E-state index contributed by atoms with van der Waals surface area (Å²) in [6.45, 7) is 1.97. The number of methoxy groups -OCH3 is 1. The number of furan rings is 1. The Labute approximate surface area is 130 Å². The molecule has 0 spiro atoms. The molecule has 1 aliphatic heterocycles. The first-order valence-electron chi connectivity index (χ1n) is 7.58. The fourth-order valence-electron chi connectivity index (χ4n) is 3.48. The molecule has 3 nitrogen and oxygen atoms in total. The summed E-state index contributed by atoms with van der Waals surface area (Å²) in [6.07, 6.45) is 1.79. The molecule has 3 heteroatoms. The summed E-state index contributed by atoms with van der Waals surface area (Å²) in [4.78, 5) is 2.37. The van der Waals surface area contributed by atoms with Crippen molar-refractivity contribution in [2.24, 2.45) is 0 Å². The van der Waals surface area contributed by atoms with Crippen LogP contribution < -0.4 is 4.74 Å². The van der Waals surface area contributed by atoms with Crippen LogP contribution in [0, 0.1) is 0 Å². The second-order valence-corrected chi connectivity index (χ2v) is 6.00. The number of likely N-dealkylation sites (N-methyl/N-ethyl adjacent to an activating group) is 1. The molecule has 0 N–H and O–H groups in total. The average Bonchev–Trinajstić information content (AvgIpc) is 3.02. The van der Waals surface area contributed by atoms with E-state index < -0.39 is 0 Å². The van der Waals surface area contributed by atoms with E-state index in [1.807, 2.05) is 18.2 Å². The van der Waals surface area contributed by atoms with Gasteiger partial charge < -0.3 is 14.1 Å². The Balaban J connectivity index is 1.88. The zero-order chi connectivity index (χ0) is 15.1. The predicted octanol–water partition coefficient (Wildman–Crippen LogP) is 4.02. The van der Waals surface area contributed by atoms with Crippen LogP contribution in [0.2, 0.25) is 0 Å². The van der Waals surface area contributed by atoms with Crippen molar-refractivity contribution in [1.29, 1.82) is 0 Å². The molecule has 0 saturated heterocycles. The van der Waals surface area contributed by atoms with Crippen LogP contribution >= 0.6 is 0 Å². The number of hydrogen-bond acceptors (Lipinski definition) is 3. The number of ether oxygens (including phenoxy) is 1. The molecule has 1 aliphatic rings. The number of benzene rings is 2. The van der Waals surface area contributed by atoms with E-state index in [1.165, 1.54) is 22.1 Å². The molecule has 0 saturated carbocycles. The molecular weight excluding hydrogens is 274 g/mol. The average molecular weight is 293 g/mol. The second kappa shape index (κ2) is 5.18. The van der Waals surface area contributed by atoms with Gasteiger partial charge in [0, 0.05) is 30.0 Å². The van der Waals surface area contributed by atoms with Crippen LogP contribution in [0.15, 0.2) is 53.1 Å². The standard InChI is InChI=1S/C19H19NO2/c1-20-11-15-4-3-14-9-10-22-19(14)18(15)17(12-20)13-5-7-16(21-2)8-6-13/h3-10,17H,11-12H2,1-2H3. The minimum absolute atomic E-state index is 0.328. The lowest BCUT2D eigenvalue weighted by Crippen LogP contribution is -2.31. The molecule has 2 heterocycles. The third kappa shape index (κ3) is 2.09. The Morgan fingerprint density at radius 3 is 2.68 bits per heavy atom. The van der Waals surface area contributed by atoms with E-state index in [2.05, 4.69) is 36.2 Å². The first kappa shape index (κ1) is 13.4. The highest BCUT2D eigenvalue weighted by Gasteiger charge is 2.28. The lowest BCUT2D eigenvalue weighted by Gasteiger charge is -2.32. The molecule has 1 unspecified atom stereocenters. The van der Waals surface area contributed by atoms with Gasteiger partial charge in [0.05, 0.1) is 13.4 Å². The van der Waals surface area contributed by atoms with Gasteiger partial charge in [-0.1, -0.05) is 24.3 Å². The van der Waals surface area contributed by atoms with Gasteiger partial charge >= 0.3 is 0 Å². The van der Waals surface area contributed by atoms with E-state index in [-0.39, 0.29) is 0 Å². The monoisotopic (exact) mass is 293 g/mol. The Kier molecular flexibility index (Phi) is 3.16. The molecule has 112 valence electrons. The van der Waals surface area contributed by atoms with Gasteiger partial charge in [0.15, 0.2) is 0 Å². The van der Waals surface area contributed by atoms with Gasteiger partial charge in [0.2, 0.25) is 0 Å². The van der Waals surface area contributed by atoms with E-state index in [0.29, 0.717) is 5.92 Å². The Hall–Kier alpha value is -2.26. The maximum absolute atomic E-state index is 5.80. The van der Waals surface area contributed by atoms with Crippen LogP contribution in [-0.4, -0.2) is 25.6 Å². The second-order valence-electron chi connectivity index (χ2n) is 6.00. The molecule has 2 aromatic carbocycles. The van der Waals surface area contributed by atoms with Crippen LogP contribution in [0.5, 0.6) is 5.75 Å². The minimum Gasteiger partial charge on any atom is -0.497 e. The van der Waals surface area contributed by atoms with Crippen LogP contribution in [0.25, 0.3) is 11.0 Å². The van der Waals surface area contributed by atoms with E-state index in [0.717, 1.165) is 24.4 Å². The molecule has 1 atom stereocenters. The number of nitrogens with zero attached hydrogens (tertiary/aromatic N) is 1. The molecular formula is C19H19NO2. The minimum atomic E-state index is 0.328. The molecule has 22 heavy (non-hydrogen) atoms. The molecule has 0 amide bonds. The van der Waals surface area contributed by atoms with E-state index in [1.54, 1.807) is 13.4 Å². The normalized spacial score (nSPS) is 18.4. The van der Waals surface area contributed by atoms with E-state index in [4.69, 9.17) is 9.15 Å². The summed E-state index contributed by atoms with van der Waals surface area (Å²) in [6, 6.07) is 14.8. The lowest BCUT2D eigenvalue weighted by atomic mass is 9.84. The third-order valence-electron chi connectivity index (χ3n) is 4.55. The summed E-state index contributed by atoms with van der Waals surface area (Å²) in [7, 11) is 3.87. The van der Waals surface area contributed by atoms with Gasteiger partial charge in [0.1, 0.15) is 11.3 Å². The van der Waals surface area contributed by atoms with E-state index in [9.17, 15) is 0 Å². The summed E-state index contributed by atoms with van der Waals surface area (Å²) < 4.78 is 11.1. The van der Waals surface area contributed by atoms with Gasteiger partial charge in [0.25, 0.3) is 0 Å². The predicted molar refractivity (Wildman–Crippen MR) is 87.4 cm³/mol. The van der Waals surface area contributed by atoms with Crippen molar-refractivity contribution in [3.63, 3.8) is 0 Å². The first-order chi connectivity index (χ1) is 10.8. The fraction of sp³-hybridized carbons (Fsp3) is 0.263. The largest absolute Gasteiger partial charge is 0.497 e. The van der Waals surface area contributed by atoms with Crippen molar-refractivity contribution in [1.82, 2.24) is 4.90 Å². The van der Waals surface area contributed by atoms with Crippen molar-refractivity contribution in [2.45, 2.75) is 12.5 Å². The van der Waals surface area contributed by atoms with Crippen molar-refractivity contribution >= 4 is 11.0 Å². The van der Waals surface area contributed by atoms with Crippen molar-refractivity contribution in [3.8, 4) is 5.75 Å². The number of rotatable bonds is 2. The number of fused-ring (bicyclic) bond motifs is 3. The molecule has 1 aromatic heterocycles. The van der Waals surface area contributed by atoms with Crippen molar-refractivity contribution in [3.05, 3.63) is 65.4 Å². The topological polar surface area (TPSA) is 25.6 Å². The highest BCUT2D eigenvalue weighted by molar-refractivity contribution is 5.83. The van der Waals surface area contributed by atoms with Crippen LogP contribution in [0.4, 0.5) is 0 Å². The van der Waals surface area contributed by atoms with Gasteiger partial charge in [-0.05, 0) is 36.4 Å². The summed E-state index contributed by atoms with van der Waals surface area (Å²) in [5, 5.41) is 1.18. The highest BCUT2D eigenvalue weighted by atomic mass is 16.5. The molecule has 3 aromatic rings. The van der Waals surface area contributed by atoms with Gasteiger partial charge in [-0.15, -0.1) is 0 Å². The Bertz CT molecular complexity index is 804. The third-order valence-corrected chi connectivity index (χ3v) is 4.55. The van der Waals surface area contributed by atoms with Crippen molar-refractivity contribution < 1.29 is 9.15 Å². The Morgan fingerprint density at radius 1 is 1.09 bits per heavy atom. The lowest BCUT2D eigenvalue weighted by molar-refractivity contribution is 0.295. The maximum atomic E-state index is 5.80. The van der Waals surface area contributed by atoms with Crippen LogP contribution in [0.3, 0.4) is 0 Å². The molecule has 4 rings (SSSR count). The zero-order valence-corrected chi connectivity index (χ0v) is 12.9. The first-order valence-corrected chi connectivity index (χ1v) is 7.58. The van der Waals surface area contributed by atoms with E-state index >= 15 is 0 Å². The molecule has 0 bridgehead atoms. The summed E-state index contributed by atoms with van der Waals surface area (Å²) >= 11 is 0. The quantitative estimate of drug-likeness (QED) is 0.713. The van der Waals surface area contributed by atoms with Gasteiger partial charge in [-0.25, -0.2) is 0 Å². The number of hydrogen-bond donors (Lipinski definition) is 0. The molecule has 0 fully saturated rings. The molecule has 0 radical (unpaired) electrons. The fourth-order valence-corrected chi connectivity index (χ4v) is 3.48. The molecule has 0 aliphatic carbocycles. The van der Waals surface area contributed by atoms with Crippen molar-refractivity contribution in [2.75, 3.05) is 20.7 Å². The highest BCUT2D eigenvalue weighted by Crippen LogP contribution is 2.38. The summed E-state index contributed by atoms with van der Waals surface area (Å²) in [5.74, 6) is 1.22. The zero-order valence-electron chi connectivity index (χ0n) is 12.9. The van der Waals surface area contributed by atoms with Crippen LogP contribution in [-0.2, 0) is 6.54 Å². The van der Waals surface area contributed by atoms with Crippen LogP contribution in [0.1, 0.15) is 22.6 Å². The summed E-state index contributed by atoms with van der Waals surface area (Å²) in [5.41, 5.74) is 5.03. The Morgan fingerprint density at radius 2 is 1.91 bits per heavy atom.